The number of nitrogens with zero attached hydrogens (tertiary/aromatic N) is 3. The Morgan fingerprint density at radius 3 is 2.25 bits per heavy atom. The summed E-state index contributed by atoms with van der Waals surface area (Å²) < 4.78 is 2.82. The molecule has 1 aliphatic heterocycles. The highest BCUT2D eigenvalue weighted by molar-refractivity contribution is 9.10. The number of halogens is 1. The third-order valence-corrected chi connectivity index (χ3v) is 6.28. The first-order valence-corrected chi connectivity index (χ1v) is 11.4. The average Bonchev–Trinajstić information content (AvgIpc) is 3.10. The lowest BCUT2D eigenvalue weighted by molar-refractivity contribution is -0.114. The van der Waals surface area contributed by atoms with Crippen LogP contribution in [0.2, 0.25) is 0 Å². The molecule has 5 heteroatoms. The number of fused-ring (bicyclic) bond motifs is 1. The molecule has 158 valence electrons. The molecule has 0 saturated heterocycles. The van der Waals surface area contributed by atoms with E-state index in [1.54, 1.807) is 6.08 Å². The molecule has 0 N–H and O–H groups in total. The van der Waals surface area contributed by atoms with E-state index >= 15 is 0 Å². The number of carbonyl (C=O) groups excluding carboxylic acids is 1. The highest BCUT2D eigenvalue weighted by Gasteiger charge is 2.32. The van der Waals surface area contributed by atoms with Crippen LogP contribution in [0.25, 0.3) is 10.9 Å². The summed E-state index contributed by atoms with van der Waals surface area (Å²) >= 11 is 3.54. The van der Waals surface area contributed by atoms with Crippen LogP contribution in [-0.2, 0) is 24.7 Å². The number of aliphatic imine (C=N–C) groups is 1. The maximum absolute atomic E-state index is 13.5. The SMILES string of the molecule is Cn1nc(C2C(=O)C=C(Cc3ccccc3)N=C2Cc2ccccc2)c2ccc(Br)cc21. The Hall–Kier alpha value is -3.31. The fraction of sp³-hybridized carbons (Fsp3) is 0.148. The lowest BCUT2D eigenvalue weighted by atomic mass is 9.86. The minimum Gasteiger partial charge on any atom is -0.294 e. The summed E-state index contributed by atoms with van der Waals surface area (Å²) in [6.07, 6.45) is 2.94. The van der Waals surface area contributed by atoms with Gasteiger partial charge in [0.05, 0.1) is 11.2 Å². The lowest BCUT2D eigenvalue weighted by Gasteiger charge is -2.21. The maximum atomic E-state index is 13.5. The average molecular weight is 484 g/mol. The molecule has 32 heavy (non-hydrogen) atoms. The van der Waals surface area contributed by atoms with Crippen molar-refractivity contribution < 1.29 is 4.79 Å². The van der Waals surface area contributed by atoms with Crippen molar-refractivity contribution in [3.63, 3.8) is 0 Å². The van der Waals surface area contributed by atoms with Crippen LogP contribution in [0.3, 0.4) is 0 Å². The van der Waals surface area contributed by atoms with E-state index in [2.05, 4.69) is 40.2 Å². The van der Waals surface area contributed by atoms with Crippen molar-refractivity contribution in [3.8, 4) is 0 Å². The summed E-state index contributed by atoms with van der Waals surface area (Å²) in [4.78, 5) is 18.5. The van der Waals surface area contributed by atoms with Gasteiger partial charge in [0.1, 0.15) is 5.92 Å². The summed E-state index contributed by atoms with van der Waals surface area (Å²) in [6.45, 7) is 0. The number of allylic oxidation sites excluding steroid dienone is 2. The van der Waals surface area contributed by atoms with Crippen LogP contribution in [-0.4, -0.2) is 21.3 Å². The van der Waals surface area contributed by atoms with Gasteiger partial charge in [-0.25, -0.2) is 0 Å². The fourth-order valence-corrected chi connectivity index (χ4v) is 4.65. The van der Waals surface area contributed by atoms with Gasteiger partial charge in [0.25, 0.3) is 0 Å². The third kappa shape index (κ3) is 4.08. The van der Waals surface area contributed by atoms with Crippen LogP contribution in [0.1, 0.15) is 22.7 Å². The molecule has 4 nitrogen and oxygen atoms in total. The van der Waals surface area contributed by atoms with Gasteiger partial charge < -0.3 is 0 Å². The number of carbonyl (C=O) groups is 1. The first kappa shape index (κ1) is 20.6. The van der Waals surface area contributed by atoms with Crippen molar-refractivity contribution in [3.05, 3.63) is 112 Å². The van der Waals surface area contributed by atoms with E-state index in [0.717, 1.165) is 43.6 Å². The maximum Gasteiger partial charge on any atom is 0.172 e. The second-order valence-electron chi connectivity index (χ2n) is 8.07. The quantitative estimate of drug-likeness (QED) is 0.359. The molecule has 0 aliphatic carbocycles. The van der Waals surface area contributed by atoms with Crippen LogP contribution < -0.4 is 0 Å². The summed E-state index contributed by atoms with van der Waals surface area (Å²) in [5, 5.41) is 5.75. The molecule has 4 aromatic rings. The number of aryl methyl sites for hydroxylation is 1. The first-order valence-electron chi connectivity index (χ1n) is 10.6. The summed E-state index contributed by atoms with van der Waals surface area (Å²) in [7, 11) is 1.91. The second kappa shape index (κ2) is 8.67. The molecule has 0 radical (unpaired) electrons. The molecule has 0 bridgehead atoms. The van der Waals surface area contributed by atoms with Crippen molar-refractivity contribution >= 4 is 38.3 Å². The molecule has 0 spiro atoms. The molecule has 1 atom stereocenters. The van der Waals surface area contributed by atoms with Crippen LogP contribution >= 0.6 is 15.9 Å². The molecular weight excluding hydrogens is 462 g/mol. The van der Waals surface area contributed by atoms with E-state index < -0.39 is 5.92 Å². The predicted octanol–water partition coefficient (Wildman–Crippen LogP) is 5.81. The van der Waals surface area contributed by atoms with Crippen LogP contribution in [0.15, 0.2) is 100 Å². The standard InChI is InChI=1S/C27H22BrN3O/c1-31-24-16-20(28)12-13-22(24)27(30-31)26-23(15-19-10-6-3-7-11-19)29-21(17-25(26)32)14-18-8-4-2-5-9-18/h2-13,16-17,26H,14-15H2,1H3. The lowest BCUT2D eigenvalue weighted by Crippen LogP contribution is -2.27. The van der Waals surface area contributed by atoms with Crippen molar-refractivity contribution in [2.45, 2.75) is 18.8 Å². The zero-order chi connectivity index (χ0) is 22.1. The van der Waals surface area contributed by atoms with E-state index in [1.165, 1.54) is 0 Å². The molecule has 2 heterocycles. The van der Waals surface area contributed by atoms with Crippen molar-refractivity contribution in [1.29, 1.82) is 0 Å². The van der Waals surface area contributed by atoms with Gasteiger partial charge in [0.2, 0.25) is 0 Å². The summed E-state index contributed by atoms with van der Waals surface area (Å²) in [6, 6.07) is 26.4. The van der Waals surface area contributed by atoms with Gasteiger partial charge in [0.15, 0.2) is 5.78 Å². The fourth-order valence-electron chi connectivity index (χ4n) is 4.30. The van der Waals surface area contributed by atoms with Crippen LogP contribution in [0, 0.1) is 0 Å². The van der Waals surface area contributed by atoms with Crippen molar-refractivity contribution in [2.75, 3.05) is 0 Å². The molecule has 0 amide bonds. The Bertz CT molecular complexity index is 1350. The number of rotatable bonds is 5. The smallest absolute Gasteiger partial charge is 0.172 e. The van der Waals surface area contributed by atoms with Gasteiger partial charge in [-0.2, -0.15) is 5.10 Å². The number of benzene rings is 3. The number of hydrogen-bond acceptors (Lipinski definition) is 3. The predicted molar refractivity (Wildman–Crippen MR) is 132 cm³/mol. The molecule has 0 fully saturated rings. The summed E-state index contributed by atoms with van der Waals surface area (Å²) in [5.74, 6) is -0.445. The van der Waals surface area contributed by atoms with Gasteiger partial charge in [-0.05, 0) is 29.3 Å². The highest BCUT2D eigenvalue weighted by atomic mass is 79.9. The van der Waals surface area contributed by atoms with Gasteiger partial charge in [-0.15, -0.1) is 0 Å². The molecule has 0 saturated carbocycles. The highest BCUT2D eigenvalue weighted by Crippen LogP contribution is 2.33. The largest absolute Gasteiger partial charge is 0.294 e. The van der Waals surface area contributed by atoms with E-state index in [-0.39, 0.29) is 5.78 Å². The van der Waals surface area contributed by atoms with Gasteiger partial charge in [0, 0.05) is 47.2 Å². The number of ketones is 1. The van der Waals surface area contributed by atoms with Gasteiger partial charge in [-0.1, -0.05) is 76.6 Å². The first-order chi connectivity index (χ1) is 15.6. The Morgan fingerprint density at radius 1 is 0.906 bits per heavy atom. The Balaban J connectivity index is 1.59. The molecule has 3 aromatic carbocycles. The molecule has 1 unspecified atom stereocenters. The Morgan fingerprint density at radius 2 is 1.56 bits per heavy atom. The zero-order valence-corrected chi connectivity index (χ0v) is 19.3. The van der Waals surface area contributed by atoms with Gasteiger partial charge >= 0.3 is 0 Å². The zero-order valence-electron chi connectivity index (χ0n) is 17.7. The third-order valence-electron chi connectivity index (χ3n) is 5.79. The van der Waals surface area contributed by atoms with Gasteiger partial charge in [-0.3, -0.25) is 14.5 Å². The Labute approximate surface area is 195 Å². The Kier molecular flexibility index (Phi) is 5.58. The molecule has 1 aromatic heterocycles. The van der Waals surface area contributed by atoms with E-state index in [4.69, 9.17) is 10.1 Å². The topological polar surface area (TPSA) is 47.2 Å². The van der Waals surface area contributed by atoms with E-state index in [0.29, 0.717) is 12.8 Å². The number of hydrogen-bond donors (Lipinski definition) is 0. The molecule has 1 aliphatic rings. The van der Waals surface area contributed by atoms with Crippen molar-refractivity contribution in [2.24, 2.45) is 12.0 Å². The number of aromatic nitrogens is 2. The monoisotopic (exact) mass is 483 g/mol. The van der Waals surface area contributed by atoms with E-state index in [9.17, 15) is 4.79 Å². The van der Waals surface area contributed by atoms with Crippen LogP contribution in [0.5, 0.6) is 0 Å². The molecule has 5 rings (SSSR count). The minimum absolute atomic E-state index is 0.0415. The minimum atomic E-state index is -0.486. The second-order valence-corrected chi connectivity index (χ2v) is 8.98. The van der Waals surface area contributed by atoms with Crippen LogP contribution in [0.4, 0.5) is 0 Å². The normalized spacial score (nSPS) is 16.2. The summed E-state index contributed by atoms with van der Waals surface area (Å²) in [5.41, 5.74) is 5.67. The molecular formula is C27H22BrN3O. The van der Waals surface area contributed by atoms with E-state index in [1.807, 2.05) is 66.3 Å². The van der Waals surface area contributed by atoms with Crippen molar-refractivity contribution in [1.82, 2.24) is 9.78 Å².